The van der Waals surface area contributed by atoms with Gasteiger partial charge in [-0.15, -0.1) is 11.8 Å². The Hall–Kier alpha value is -2.63. The van der Waals surface area contributed by atoms with Gasteiger partial charge in [0.15, 0.2) is 0 Å². The lowest BCUT2D eigenvalue weighted by atomic mass is 10.0. The Labute approximate surface area is 220 Å². The second kappa shape index (κ2) is 14.2. The Morgan fingerprint density at radius 3 is 2.86 bits per heavy atom. The number of β-amino-alcohol motifs (C(OH)–C–C–N with tert-alkyl or cyclic N) is 1. The summed E-state index contributed by atoms with van der Waals surface area (Å²) in [7, 11) is 3.31. The second-order valence-electron chi connectivity index (χ2n) is 9.08. The number of thioether (sulfide) groups is 1. The molecule has 0 aliphatic carbocycles. The van der Waals surface area contributed by atoms with Gasteiger partial charge in [-0.25, -0.2) is 0 Å². The molecule has 0 bridgehead atoms. The van der Waals surface area contributed by atoms with Crippen LogP contribution in [0.1, 0.15) is 24.5 Å². The molecule has 1 aliphatic heterocycles. The van der Waals surface area contributed by atoms with E-state index in [1.54, 1.807) is 26.0 Å². The standard InChI is InChI=1S/C29H39N3O3S/c1-21(8-7-14-30-28-12-11-25(36-5)17-29(28)35-4)16-26-22(2)9-6-10-27(26)31-23-13-15-32(18-23)19-24(33)20-34-3/h6,9-12,16-17,23-24,30-31,33H,13-15,18-20H2,1-5H3/b21-16+. The minimum Gasteiger partial charge on any atom is -0.495 e. The highest BCUT2D eigenvalue weighted by molar-refractivity contribution is 7.98. The van der Waals surface area contributed by atoms with Crippen molar-refractivity contribution in [3.8, 4) is 17.6 Å². The van der Waals surface area contributed by atoms with Gasteiger partial charge in [0.25, 0.3) is 0 Å². The molecule has 3 N–H and O–H groups in total. The molecule has 36 heavy (non-hydrogen) atoms. The van der Waals surface area contributed by atoms with Crippen LogP contribution in [0.4, 0.5) is 11.4 Å². The molecule has 194 valence electrons. The third-order valence-electron chi connectivity index (χ3n) is 6.21. The molecule has 3 rings (SSSR count). The van der Waals surface area contributed by atoms with E-state index in [-0.39, 0.29) is 0 Å². The number of nitrogens with one attached hydrogen (secondary N) is 2. The predicted molar refractivity (Wildman–Crippen MR) is 152 cm³/mol. The normalized spacial score (nSPS) is 16.8. The number of ether oxygens (including phenoxy) is 2. The van der Waals surface area contributed by atoms with Crippen molar-refractivity contribution in [2.45, 2.75) is 37.3 Å². The van der Waals surface area contributed by atoms with Crippen molar-refractivity contribution in [2.75, 3.05) is 63.9 Å². The van der Waals surface area contributed by atoms with Gasteiger partial charge in [0.2, 0.25) is 0 Å². The molecular formula is C29H39N3O3S. The summed E-state index contributed by atoms with van der Waals surface area (Å²) in [5.74, 6) is 7.33. The zero-order valence-corrected chi connectivity index (χ0v) is 22.9. The molecule has 0 aromatic heterocycles. The van der Waals surface area contributed by atoms with Crippen LogP contribution in [0.25, 0.3) is 6.08 Å². The van der Waals surface area contributed by atoms with Gasteiger partial charge in [-0.05, 0) is 68.0 Å². The molecule has 1 aliphatic rings. The first-order valence-corrected chi connectivity index (χ1v) is 13.5. The van der Waals surface area contributed by atoms with Crippen molar-refractivity contribution in [1.29, 1.82) is 0 Å². The van der Waals surface area contributed by atoms with E-state index in [0.29, 0.717) is 25.7 Å². The highest BCUT2D eigenvalue weighted by atomic mass is 32.2. The molecular weight excluding hydrogens is 470 g/mol. The Balaban J connectivity index is 1.62. The Morgan fingerprint density at radius 2 is 2.11 bits per heavy atom. The van der Waals surface area contributed by atoms with E-state index in [4.69, 9.17) is 9.47 Å². The molecule has 2 atom stereocenters. The summed E-state index contributed by atoms with van der Waals surface area (Å²) < 4.78 is 10.6. The number of benzene rings is 2. The number of anilines is 2. The van der Waals surface area contributed by atoms with Crippen molar-refractivity contribution in [3.63, 3.8) is 0 Å². The number of hydrogen-bond donors (Lipinski definition) is 3. The average molecular weight is 510 g/mol. The van der Waals surface area contributed by atoms with Gasteiger partial charge in [-0.2, -0.15) is 0 Å². The molecule has 1 heterocycles. The van der Waals surface area contributed by atoms with Crippen LogP contribution in [-0.4, -0.2) is 75.4 Å². The van der Waals surface area contributed by atoms with Crippen LogP contribution in [0, 0.1) is 18.8 Å². The van der Waals surface area contributed by atoms with E-state index < -0.39 is 6.10 Å². The smallest absolute Gasteiger partial charge is 0.143 e. The number of hydrogen-bond acceptors (Lipinski definition) is 7. The fourth-order valence-corrected chi connectivity index (χ4v) is 4.83. The highest BCUT2D eigenvalue weighted by Crippen LogP contribution is 2.29. The molecule has 2 aromatic carbocycles. The lowest BCUT2D eigenvalue weighted by molar-refractivity contribution is 0.0427. The largest absolute Gasteiger partial charge is 0.495 e. The molecule has 1 fully saturated rings. The average Bonchev–Trinajstić information content (AvgIpc) is 3.30. The Kier molecular flexibility index (Phi) is 11.0. The van der Waals surface area contributed by atoms with Crippen LogP contribution in [0.15, 0.2) is 46.9 Å². The maximum Gasteiger partial charge on any atom is 0.143 e. The number of rotatable bonds is 11. The van der Waals surface area contributed by atoms with Crippen LogP contribution >= 0.6 is 11.8 Å². The topological polar surface area (TPSA) is 66.0 Å². The van der Waals surface area contributed by atoms with E-state index in [9.17, 15) is 5.11 Å². The first-order chi connectivity index (χ1) is 17.4. The minimum absolute atomic E-state index is 0.344. The van der Waals surface area contributed by atoms with Crippen LogP contribution < -0.4 is 15.4 Å². The lowest BCUT2D eigenvalue weighted by Gasteiger charge is -2.21. The first-order valence-electron chi connectivity index (χ1n) is 12.3. The summed E-state index contributed by atoms with van der Waals surface area (Å²) >= 11 is 1.69. The molecule has 6 nitrogen and oxygen atoms in total. The van der Waals surface area contributed by atoms with E-state index >= 15 is 0 Å². The number of aliphatic hydroxyl groups is 1. The third-order valence-corrected chi connectivity index (χ3v) is 6.93. The molecule has 1 saturated heterocycles. The molecule has 0 radical (unpaired) electrons. The van der Waals surface area contributed by atoms with Crippen molar-refractivity contribution in [2.24, 2.45) is 0 Å². The summed E-state index contributed by atoms with van der Waals surface area (Å²) in [5.41, 5.74) is 5.46. The summed E-state index contributed by atoms with van der Waals surface area (Å²) in [6.45, 7) is 7.60. The zero-order valence-electron chi connectivity index (χ0n) is 22.1. The number of likely N-dealkylation sites (tertiary alicyclic amines) is 1. The third kappa shape index (κ3) is 8.21. The van der Waals surface area contributed by atoms with Gasteiger partial charge >= 0.3 is 0 Å². The van der Waals surface area contributed by atoms with Crippen molar-refractivity contribution < 1.29 is 14.6 Å². The second-order valence-corrected chi connectivity index (χ2v) is 9.96. The fourth-order valence-electron chi connectivity index (χ4n) is 4.40. The molecule has 7 heteroatoms. The summed E-state index contributed by atoms with van der Waals surface area (Å²) in [5, 5.41) is 17.1. The molecule has 2 aromatic rings. The first kappa shape index (κ1) is 27.9. The molecule has 2 unspecified atom stereocenters. The van der Waals surface area contributed by atoms with Gasteiger partial charge in [0.05, 0.1) is 32.1 Å². The SMILES string of the molecule is COCC(O)CN1CCC(Nc2cccc(C)c2/C=C(\C)C#CCNc2ccc(SC)cc2OC)C1. The zero-order chi connectivity index (χ0) is 25.9. The predicted octanol–water partition coefficient (Wildman–Crippen LogP) is 4.74. The van der Waals surface area contributed by atoms with Crippen LogP contribution in [0.5, 0.6) is 5.75 Å². The summed E-state index contributed by atoms with van der Waals surface area (Å²) in [4.78, 5) is 3.46. The Morgan fingerprint density at radius 1 is 1.28 bits per heavy atom. The monoisotopic (exact) mass is 509 g/mol. The van der Waals surface area contributed by atoms with Gasteiger partial charge in [0.1, 0.15) is 5.75 Å². The summed E-state index contributed by atoms with van der Waals surface area (Å²) in [6, 6.07) is 12.8. The van der Waals surface area contributed by atoms with Crippen molar-refractivity contribution in [3.05, 3.63) is 53.1 Å². The van der Waals surface area contributed by atoms with E-state index in [2.05, 4.69) is 70.9 Å². The quantitative estimate of drug-likeness (QED) is 0.299. The molecule has 0 amide bonds. The lowest BCUT2D eigenvalue weighted by Crippen LogP contribution is -2.34. The van der Waals surface area contributed by atoms with Gasteiger partial charge in [-0.3, -0.25) is 4.90 Å². The van der Waals surface area contributed by atoms with Crippen LogP contribution in [0.2, 0.25) is 0 Å². The van der Waals surface area contributed by atoms with Gasteiger partial charge < -0.3 is 25.2 Å². The maximum atomic E-state index is 10.0. The van der Waals surface area contributed by atoms with E-state index in [0.717, 1.165) is 42.2 Å². The maximum absolute atomic E-state index is 10.0. The van der Waals surface area contributed by atoms with Gasteiger partial charge in [0, 0.05) is 48.9 Å². The molecule has 0 spiro atoms. The minimum atomic E-state index is -0.447. The van der Waals surface area contributed by atoms with Crippen molar-refractivity contribution in [1.82, 2.24) is 4.90 Å². The number of aliphatic hydroxyl groups excluding tert-OH is 1. The number of nitrogens with zero attached hydrogens (tertiary/aromatic N) is 1. The fraction of sp³-hybridized carbons (Fsp3) is 0.448. The number of aryl methyl sites for hydroxylation is 1. The van der Waals surface area contributed by atoms with Gasteiger partial charge in [-0.1, -0.05) is 24.0 Å². The highest BCUT2D eigenvalue weighted by Gasteiger charge is 2.24. The number of methoxy groups -OCH3 is 2. The van der Waals surface area contributed by atoms with E-state index in [1.165, 1.54) is 16.0 Å². The number of allylic oxidation sites excluding steroid dienone is 1. The van der Waals surface area contributed by atoms with Crippen molar-refractivity contribution >= 4 is 29.2 Å². The van der Waals surface area contributed by atoms with E-state index in [1.807, 2.05) is 19.1 Å². The Bertz CT molecular complexity index is 1090. The van der Waals surface area contributed by atoms with Crippen LogP contribution in [-0.2, 0) is 4.74 Å². The molecule has 0 saturated carbocycles. The summed E-state index contributed by atoms with van der Waals surface area (Å²) in [6.07, 6.45) is 4.81. The van der Waals surface area contributed by atoms with Crippen LogP contribution in [0.3, 0.4) is 0 Å².